The molecule has 0 aliphatic carbocycles. The highest BCUT2D eigenvalue weighted by atomic mass is 16.2. The fraction of sp³-hybridized carbons (Fsp3) is 0.750. The third-order valence-electron chi connectivity index (χ3n) is 4.23. The van der Waals surface area contributed by atoms with Crippen LogP contribution in [0, 0.1) is 0 Å². The molecule has 1 aromatic heterocycles. The molecular weight excluding hydrogens is 278 g/mol. The molecule has 1 aromatic rings. The Bertz CT molecular complexity index is 531. The Kier molecular flexibility index (Phi) is 4.92. The van der Waals surface area contributed by atoms with Crippen LogP contribution in [0.3, 0.4) is 0 Å². The highest BCUT2D eigenvalue weighted by Crippen LogP contribution is 2.23. The van der Waals surface area contributed by atoms with Crippen molar-refractivity contribution in [2.24, 2.45) is 7.05 Å². The second-order valence-electron chi connectivity index (χ2n) is 7.42. The average molecular weight is 307 g/mol. The second-order valence-corrected chi connectivity index (χ2v) is 7.42. The van der Waals surface area contributed by atoms with E-state index < -0.39 is 0 Å². The molecule has 0 radical (unpaired) electrons. The Morgan fingerprint density at radius 2 is 2.05 bits per heavy atom. The predicted molar refractivity (Wildman–Crippen MR) is 89.1 cm³/mol. The number of likely N-dealkylation sites (N-methyl/N-ethyl adjacent to an activating group) is 1. The van der Waals surface area contributed by atoms with Crippen molar-refractivity contribution in [3.05, 3.63) is 11.8 Å². The van der Waals surface area contributed by atoms with Gasteiger partial charge in [-0.2, -0.15) is 5.10 Å². The number of nitrogens with zero attached hydrogens (tertiary/aromatic N) is 4. The lowest BCUT2D eigenvalue weighted by Gasteiger charge is -2.37. The summed E-state index contributed by atoms with van der Waals surface area (Å²) in [6, 6.07) is 2.37. The molecular formula is C16H29N5O. The molecule has 1 aliphatic heterocycles. The van der Waals surface area contributed by atoms with Crippen LogP contribution in [-0.2, 0) is 17.3 Å². The van der Waals surface area contributed by atoms with E-state index >= 15 is 0 Å². The highest BCUT2D eigenvalue weighted by Gasteiger charge is 2.24. The van der Waals surface area contributed by atoms with Crippen molar-refractivity contribution < 1.29 is 4.79 Å². The lowest BCUT2D eigenvalue weighted by molar-refractivity contribution is -0.118. The van der Waals surface area contributed by atoms with Gasteiger partial charge in [0.2, 0.25) is 5.91 Å². The summed E-state index contributed by atoms with van der Waals surface area (Å²) >= 11 is 0. The normalized spacial score (nSPS) is 21.1. The van der Waals surface area contributed by atoms with E-state index in [0.717, 1.165) is 31.1 Å². The molecule has 2 rings (SSSR count). The lowest BCUT2D eigenvalue weighted by atomic mass is 9.92. The van der Waals surface area contributed by atoms with Crippen molar-refractivity contribution >= 4 is 11.7 Å². The van der Waals surface area contributed by atoms with Crippen LogP contribution in [0.1, 0.15) is 33.4 Å². The van der Waals surface area contributed by atoms with E-state index in [1.807, 2.05) is 13.1 Å². The largest absolute Gasteiger partial charge is 0.310 e. The minimum Gasteiger partial charge on any atom is -0.310 e. The molecule has 2 heterocycles. The summed E-state index contributed by atoms with van der Waals surface area (Å²) in [7, 11) is 3.99. The third-order valence-corrected chi connectivity index (χ3v) is 4.23. The minimum absolute atomic E-state index is 0.0211. The van der Waals surface area contributed by atoms with Crippen LogP contribution in [0.15, 0.2) is 6.07 Å². The molecule has 1 fully saturated rings. The monoisotopic (exact) mass is 307 g/mol. The molecule has 1 amide bonds. The van der Waals surface area contributed by atoms with Gasteiger partial charge in [0.1, 0.15) is 5.82 Å². The molecule has 6 heteroatoms. The number of carbonyl (C=O) groups excluding carboxylic acids is 1. The van der Waals surface area contributed by atoms with Gasteiger partial charge in [-0.25, -0.2) is 0 Å². The van der Waals surface area contributed by atoms with E-state index in [1.165, 1.54) is 0 Å². The second kappa shape index (κ2) is 6.38. The van der Waals surface area contributed by atoms with E-state index in [9.17, 15) is 4.79 Å². The lowest BCUT2D eigenvalue weighted by Crippen LogP contribution is -2.52. The van der Waals surface area contributed by atoms with Crippen molar-refractivity contribution in [2.45, 2.75) is 39.2 Å². The first-order chi connectivity index (χ1) is 10.2. The van der Waals surface area contributed by atoms with Gasteiger partial charge >= 0.3 is 0 Å². The molecule has 0 unspecified atom stereocenters. The van der Waals surface area contributed by atoms with Gasteiger partial charge in [0.15, 0.2) is 0 Å². The van der Waals surface area contributed by atoms with Crippen molar-refractivity contribution in [3.8, 4) is 0 Å². The topological polar surface area (TPSA) is 53.4 Å². The summed E-state index contributed by atoms with van der Waals surface area (Å²) in [4.78, 5) is 16.8. The molecule has 0 aromatic carbocycles. The summed E-state index contributed by atoms with van der Waals surface area (Å²) < 4.78 is 1.74. The van der Waals surface area contributed by atoms with E-state index in [0.29, 0.717) is 12.6 Å². The summed E-state index contributed by atoms with van der Waals surface area (Å²) in [5, 5.41) is 7.48. The fourth-order valence-corrected chi connectivity index (χ4v) is 2.73. The zero-order chi connectivity index (χ0) is 16.5. The number of aromatic nitrogens is 2. The molecule has 6 nitrogen and oxygen atoms in total. The van der Waals surface area contributed by atoms with Crippen molar-refractivity contribution in [1.29, 1.82) is 0 Å². The number of aryl methyl sites for hydroxylation is 1. The molecule has 22 heavy (non-hydrogen) atoms. The van der Waals surface area contributed by atoms with Gasteiger partial charge in [-0.15, -0.1) is 0 Å². The molecule has 1 N–H and O–H groups in total. The molecule has 1 atom stereocenters. The Morgan fingerprint density at radius 3 is 2.59 bits per heavy atom. The quantitative estimate of drug-likeness (QED) is 0.914. The van der Waals surface area contributed by atoms with Crippen molar-refractivity contribution in [3.63, 3.8) is 0 Å². The van der Waals surface area contributed by atoms with Gasteiger partial charge in [-0.3, -0.25) is 14.4 Å². The standard InChI is InChI=1S/C16H29N5O/c1-12-10-19(5)7-8-21(12)11-15(22)17-14-9-13(16(2,3)4)18-20(14)6/h9,12H,7-8,10-11H2,1-6H3,(H,17,22)/t12-/m0/s1. The summed E-state index contributed by atoms with van der Waals surface area (Å²) in [6.07, 6.45) is 0. The van der Waals surface area contributed by atoms with E-state index in [-0.39, 0.29) is 11.3 Å². The van der Waals surface area contributed by atoms with Gasteiger partial charge < -0.3 is 10.2 Å². The zero-order valence-corrected chi connectivity index (χ0v) is 14.7. The molecule has 1 saturated heterocycles. The van der Waals surface area contributed by atoms with Crippen LogP contribution >= 0.6 is 0 Å². The van der Waals surface area contributed by atoms with Gasteiger partial charge in [-0.1, -0.05) is 20.8 Å². The van der Waals surface area contributed by atoms with Crippen LogP contribution in [0.5, 0.6) is 0 Å². The van der Waals surface area contributed by atoms with Gasteiger partial charge in [0, 0.05) is 44.2 Å². The summed E-state index contributed by atoms with van der Waals surface area (Å²) in [5.74, 6) is 0.788. The van der Waals surface area contributed by atoms with Crippen LogP contribution in [-0.4, -0.2) is 64.8 Å². The number of carbonyl (C=O) groups is 1. The number of hydrogen-bond acceptors (Lipinski definition) is 4. The Balaban J connectivity index is 1.96. The number of anilines is 1. The smallest absolute Gasteiger partial charge is 0.239 e. The SMILES string of the molecule is C[C@H]1CN(C)CCN1CC(=O)Nc1cc(C(C)(C)C)nn1C. The van der Waals surface area contributed by atoms with Crippen molar-refractivity contribution in [1.82, 2.24) is 19.6 Å². The number of rotatable bonds is 3. The molecule has 0 bridgehead atoms. The van der Waals surface area contributed by atoms with E-state index in [2.05, 4.69) is 55.0 Å². The number of hydrogen-bond donors (Lipinski definition) is 1. The first kappa shape index (κ1) is 17.0. The number of amides is 1. The maximum atomic E-state index is 12.3. The summed E-state index contributed by atoms with van der Waals surface area (Å²) in [5.41, 5.74) is 0.963. The molecule has 1 aliphatic rings. The highest BCUT2D eigenvalue weighted by molar-refractivity contribution is 5.91. The Morgan fingerprint density at radius 1 is 1.36 bits per heavy atom. The predicted octanol–water partition coefficient (Wildman–Crippen LogP) is 1.29. The maximum absolute atomic E-state index is 12.3. The molecule has 0 spiro atoms. The van der Waals surface area contributed by atoms with Gasteiger partial charge in [0.25, 0.3) is 0 Å². The Hall–Kier alpha value is -1.40. The molecule has 0 saturated carbocycles. The number of piperazine rings is 1. The Labute approximate surface area is 133 Å². The average Bonchev–Trinajstić information content (AvgIpc) is 2.74. The maximum Gasteiger partial charge on any atom is 0.239 e. The number of nitrogens with one attached hydrogen (secondary N) is 1. The third kappa shape index (κ3) is 4.08. The fourth-order valence-electron chi connectivity index (χ4n) is 2.73. The summed E-state index contributed by atoms with van der Waals surface area (Å²) in [6.45, 7) is 11.9. The first-order valence-corrected chi connectivity index (χ1v) is 7.94. The van der Waals surface area contributed by atoms with Gasteiger partial charge in [0.05, 0.1) is 12.2 Å². The van der Waals surface area contributed by atoms with Crippen LogP contribution in [0.25, 0.3) is 0 Å². The first-order valence-electron chi connectivity index (χ1n) is 7.94. The van der Waals surface area contributed by atoms with Crippen LogP contribution in [0.4, 0.5) is 5.82 Å². The zero-order valence-electron chi connectivity index (χ0n) is 14.7. The molecule has 124 valence electrons. The van der Waals surface area contributed by atoms with E-state index in [1.54, 1.807) is 4.68 Å². The van der Waals surface area contributed by atoms with Crippen LogP contribution in [0.2, 0.25) is 0 Å². The van der Waals surface area contributed by atoms with E-state index in [4.69, 9.17) is 0 Å². The minimum atomic E-state index is -0.0211. The van der Waals surface area contributed by atoms with Crippen LogP contribution < -0.4 is 5.32 Å². The van der Waals surface area contributed by atoms with Crippen molar-refractivity contribution in [2.75, 3.05) is 38.5 Å². The van der Waals surface area contributed by atoms with Gasteiger partial charge in [-0.05, 0) is 14.0 Å².